The molecular weight excluding hydrogens is 180 g/mol. The van der Waals surface area contributed by atoms with E-state index in [0.29, 0.717) is 13.1 Å². The second-order valence-electron chi connectivity index (χ2n) is 3.60. The minimum atomic E-state index is -0.597. The van der Waals surface area contributed by atoms with E-state index in [1.165, 1.54) is 0 Å². The first-order valence-corrected chi connectivity index (χ1v) is 5.02. The first-order chi connectivity index (χ1) is 6.52. The quantitative estimate of drug-likeness (QED) is 0.507. The average Bonchev–Trinajstić information content (AvgIpc) is 2.14. The summed E-state index contributed by atoms with van der Waals surface area (Å²) in [5.41, 5.74) is 16.5. The zero-order valence-electron chi connectivity index (χ0n) is 9.07. The van der Waals surface area contributed by atoms with Crippen LogP contribution in [0.15, 0.2) is 0 Å². The first kappa shape index (κ1) is 13.4. The second kappa shape index (κ2) is 6.75. The summed E-state index contributed by atoms with van der Waals surface area (Å²) in [6, 6.07) is -0.629. The van der Waals surface area contributed by atoms with Crippen molar-refractivity contribution in [3.8, 4) is 0 Å². The van der Waals surface area contributed by atoms with Gasteiger partial charge in [-0.25, -0.2) is 0 Å². The molecule has 0 aliphatic carbocycles. The number of carbonyl (C=O) groups excluding carboxylic acids is 1. The van der Waals surface area contributed by atoms with Crippen LogP contribution in [0.1, 0.15) is 20.3 Å². The van der Waals surface area contributed by atoms with Gasteiger partial charge in [-0.2, -0.15) is 0 Å². The number of hydrogen-bond acceptors (Lipinski definition) is 4. The van der Waals surface area contributed by atoms with Crippen molar-refractivity contribution in [2.75, 3.05) is 19.6 Å². The van der Waals surface area contributed by atoms with Gasteiger partial charge in [0.05, 0.1) is 6.04 Å². The molecule has 6 N–H and O–H groups in total. The number of carbonyl (C=O) groups is 1. The predicted octanol–water partition coefficient (Wildman–Crippen LogP) is -1.14. The summed E-state index contributed by atoms with van der Waals surface area (Å²) in [5, 5.41) is 0. The van der Waals surface area contributed by atoms with Crippen LogP contribution >= 0.6 is 0 Å². The van der Waals surface area contributed by atoms with Crippen LogP contribution in [-0.2, 0) is 4.79 Å². The number of rotatable bonds is 6. The van der Waals surface area contributed by atoms with E-state index in [1.807, 2.05) is 13.8 Å². The lowest BCUT2D eigenvalue weighted by atomic mass is 10.2. The smallest absolute Gasteiger partial charge is 0.240 e. The van der Waals surface area contributed by atoms with Crippen LogP contribution in [0.5, 0.6) is 0 Å². The number of nitrogens with two attached hydrogens (primary N) is 3. The molecule has 5 nitrogen and oxygen atoms in total. The Morgan fingerprint density at radius 1 is 1.43 bits per heavy atom. The Kier molecular flexibility index (Phi) is 6.44. The molecule has 0 heterocycles. The zero-order valence-corrected chi connectivity index (χ0v) is 9.07. The molecule has 0 aromatic heterocycles. The van der Waals surface area contributed by atoms with Gasteiger partial charge in [-0.3, -0.25) is 4.79 Å². The molecule has 0 unspecified atom stereocenters. The number of amides is 1. The third-order valence-corrected chi connectivity index (χ3v) is 1.88. The van der Waals surface area contributed by atoms with Crippen LogP contribution in [-0.4, -0.2) is 42.5 Å². The molecule has 1 amide bonds. The molecule has 2 atom stereocenters. The number of nitrogens with zero attached hydrogens (tertiary/aromatic N) is 1. The van der Waals surface area contributed by atoms with Crippen LogP contribution in [0.25, 0.3) is 0 Å². The summed E-state index contributed by atoms with van der Waals surface area (Å²) in [7, 11) is 0. The molecule has 0 aromatic rings. The highest BCUT2D eigenvalue weighted by atomic mass is 16.2. The fourth-order valence-electron chi connectivity index (χ4n) is 1.24. The van der Waals surface area contributed by atoms with Gasteiger partial charge in [-0.05, 0) is 13.3 Å². The van der Waals surface area contributed by atoms with Gasteiger partial charge in [0.1, 0.15) is 0 Å². The molecule has 0 aromatic carbocycles. The molecule has 0 aliphatic heterocycles. The van der Waals surface area contributed by atoms with Gasteiger partial charge in [0.15, 0.2) is 0 Å². The fourth-order valence-corrected chi connectivity index (χ4v) is 1.24. The van der Waals surface area contributed by atoms with E-state index < -0.39 is 6.04 Å². The summed E-state index contributed by atoms with van der Waals surface area (Å²) >= 11 is 0. The summed E-state index contributed by atoms with van der Waals surface area (Å²) in [4.78, 5) is 13.3. The highest BCUT2D eigenvalue weighted by molar-refractivity contribution is 5.81. The Hall–Kier alpha value is -0.650. The van der Waals surface area contributed by atoms with Crippen molar-refractivity contribution in [1.29, 1.82) is 0 Å². The van der Waals surface area contributed by atoms with E-state index >= 15 is 0 Å². The van der Waals surface area contributed by atoms with E-state index in [1.54, 1.807) is 4.90 Å². The van der Waals surface area contributed by atoms with Gasteiger partial charge in [0.25, 0.3) is 0 Å². The van der Waals surface area contributed by atoms with Crippen molar-refractivity contribution in [3.05, 3.63) is 0 Å². The maximum absolute atomic E-state index is 11.7. The minimum Gasteiger partial charge on any atom is -0.340 e. The van der Waals surface area contributed by atoms with Crippen LogP contribution < -0.4 is 17.2 Å². The fraction of sp³-hybridized carbons (Fsp3) is 0.889. The average molecular weight is 202 g/mol. The molecule has 84 valence electrons. The Labute approximate surface area is 85.6 Å². The van der Waals surface area contributed by atoms with Crippen LogP contribution in [0.2, 0.25) is 0 Å². The molecule has 0 fully saturated rings. The summed E-state index contributed by atoms with van der Waals surface area (Å²) in [6.07, 6.45) is 0.899. The van der Waals surface area contributed by atoms with Gasteiger partial charge in [0, 0.05) is 25.7 Å². The van der Waals surface area contributed by atoms with E-state index in [-0.39, 0.29) is 18.5 Å². The predicted molar refractivity (Wildman–Crippen MR) is 57.6 cm³/mol. The third-order valence-electron chi connectivity index (χ3n) is 1.88. The lowest BCUT2D eigenvalue weighted by molar-refractivity contribution is -0.132. The van der Waals surface area contributed by atoms with Crippen LogP contribution in [0.4, 0.5) is 0 Å². The van der Waals surface area contributed by atoms with Gasteiger partial charge in [-0.15, -0.1) is 0 Å². The van der Waals surface area contributed by atoms with E-state index in [0.717, 1.165) is 6.42 Å². The number of hydrogen-bond donors (Lipinski definition) is 3. The Morgan fingerprint density at radius 3 is 2.36 bits per heavy atom. The SMILES string of the molecule is CCCN(C[C@H](C)N)C(=O)[C@@H](N)CN. The maximum Gasteiger partial charge on any atom is 0.240 e. The maximum atomic E-state index is 11.7. The van der Waals surface area contributed by atoms with Gasteiger partial charge < -0.3 is 22.1 Å². The van der Waals surface area contributed by atoms with E-state index in [9.17, 15) is 4.79 Å². The molecule has 14 heavy (non-hydrogen) atoms. The van der Waals surface area contributed by atoms with Crippen molar-refractivity contribution in [3.63, 3.8) is 0 Å². The summed E-state index contributed by atoms with van der Waals surface area (Å²) in [6.45, 7) is 5.28. The second-order valence-corrected chi connectivity index (χ2v) is 3.60. The molecular formula is C9H22N4O. The zero-order chi connectivity index (χ0) is 11.1. The van der Waals surface area contributed by atoms with E-state index in [4.69, 9.17) is 17.2 Å². The van der Waals surface area contributed by atoms with Crippen LogP contribution in [0.3, 0.4) is 0 Å². The monoisotopic (exact) mass is 202 g/mol. The Morgan fingerprint density at radius 2 is 2.00 bits per heavy atom. The largest absolute Gasteiger partial charge is 0.340 e. The molecule has 0 rings (SSSR count). The van der Waals surface area contributed by atoms with Crippen molar-refractivity contribution in [2.45, 2.75) is 32.4 Å². The standard InChI is InChI=1S/C9H22N4O/c1-3-4-13(6-7(2)11)9(14)8(12)5-10/h7-8H,3-6,10-12H2,1-2H3/t7-,8-/m0/s1. The first-order valence-electron chi connectivity index (χ1n) is 5.02. The normalized spacial score (nSPS) is 14.9. The van der Waals surface area contributed by atoms with Crippen molar-refractivity contribution in [1.82, 2.24) is 4.90 Å². The molecule has 0 saturated heterocycles. The van der Waals surface area contributed by atoms with Gasteiger partial charge in [0.2, 0.25) is 5.91 Å². The van der Waals surface area contributed by atoms with Crippen LogP contribution in [0, 0.1) is 0 Å². The van der Waals surface area contributed by atoms with E-state index in [2.05, 4.69) is 0 Å². The van der Waals surface area contributed by atoms with Gasteiger partial charge >= 0.3 is 0 Å². The summed E-state index contributed by atoms with van der Waals surface area (Å²) < 4.78 is 0. The molecule has 0 radical (unpaired) electrons. The summed E-state index contributed by atoms with van der Waals surface area (Å²) in [5.74, 6) is -0.105. The Balaban J connectivity index is 4.24. The van der Waals surface area contributed by atoms with Crippen molar-refractivity contribution >= 4 is 5.91 Å². The molecule has 0 spiro atoms. The molecule has 5 heteroatoms. The lowest BCUT2D eigenvalue weighted by Crippen LogP contribution is -2.50. The highest BCUT2D eigenvalue weighted by Gasteiger charge is 2.19. The minimum absolute atomic E-state index is 0.0320. The lowest BCUT2D eigenvalue weighted by Gasteiger charge is -2.26. The molecule has 0 aliphatic rings. The van der Waals surface area contributed by atoms with Crippen molar-refractivity contribution < 1.29 is 4.79 Å². The molecule has 0 saturated carbocycles. The Bertz CT molecular complexity index is 172. The van der Waals surface area contributed by atoms with Crippen molar-refractivity contribution in [2.24, 2.45) is 17.2 Å². The third kappa shape index (κ3) is 4.55. The van der Waals surface area contributed by atoms with Gasteiger partial charge in [-0.1, -0.05) is 6.92 Å². The molecule has 0 bridgehead atoms. The topological polar surface area (TPSA) is 98.4 Å². The highest BCUT2D eigenvalue weighted by Crippen LogP contribution is 1.97.